The SMILES string of the molecule is CCCC(=O)Nc1cc[c]cc1N(C(=O)OC(C)(C)C)[C@H](C)C(O)O. The highest BCUT2D eigenvalue weighted by Crippen LogP contribution is 2.29. The quantitative estimate of drug-likeness (QED) is 0.684. The van der Waals surface area contributed by atoms with Gasteiger partial charge in [0.2, 0.25) is 5.91 Å². The Kier molecular flexibility index (Phi) is 7.38. The van der Waals surface area contributed by atoms with E-state index in [1.54, 1.807) is 32.9 Å². The maximum Gasteiger partial charge on any atom is 0.415 e. The van der Waals surface area contributed by atoms with Gasteiger partial charge in [-0.1, -0.05) is 13.0 Å². The van der Waals surface area contributed by atoms with E-state index in [2.05, 4.69) is 11.4 Å². The van der Waals surface area contributed by atoms with E-state index in [1.807, 2.05) is 6.92 Å². The number of nitrogens with zero attached hydrogens (tertiary/aromatic N) is 1. The van der Waals surface area contributed by atoms with E-state index in [-0.39, 0.29) is 11.6 Å². The van der Waals surface area contributed by atoms with Crippen molar-refractivity contribution >= 4 is 23.4 Å². The van der Waals surface area contributed by atoms with E-state index in [9.17, 15) is 19.8 Å². The van der Waals surface area contributed by atoms with Crippen LogP contribution >= 0.6 is 0 Å². The maximum atomic E-state index is 12.6. The zero-order chi connectivity index (χ0) is 19.2. The highest BCUT2D eigenvalue weighted by molar-refractivity contribution is 5.99. The fourth-order valence-corrected chi connectivity index (χ4v) is 2.09. The van der Waals surface area contributed by atoms with Crippen molar-refractivity contribution < 1.29 is 24.5 Å². The van der Waals surface area contributed by atoms with E-state index >= 15 is 0 Å². The fourth-order valence-electron chi connectivity index (χ4n) is 2.09. The molecule has 1 atom stereocenters. The number of benzene rings is 1. The molecule has 0 spiro atoms. The molecule has 7 nitrogen and oxygen atoms in total. The Labute approximate surface area is 148 Å². The van der Waals surface area contributed by atoms with Gasteiger partial charge in [0.25, 0.3) is 0 Å². The van der Waals surface area contributed by atoms with Gasteiger partial charge in [-0.3, -0.25) is 9.69 Å². The fraction of sp³-hybridized carbons (Fsp3) is 0.556. The Morgan fingerprint density at radius 2 is 2.00 bits per heavy atom. The molecule has 0 aromatic heterocycles. The molecule has 1 aromatic carbocycles. The number of aliphatic hydroxyl groups excluding tert-OH is 1. The Bertz CT molecular complexity index is 595. The van der Waals surface area contributed by atoms with Gasteiger partial charge in [-0.2, -0.15) is 0 Å². The third-order valence-electron chi connectivity index (χ3n) is 3.28. The zero-order valence-corrected chi connectivity index (χ0v) is 15.4. The molecule has 3 N–H and O–H groups in total. The molecule has 1 rings (SSSR count). The maximum absolute atomic E-state index is 12.6. The van der Waals surface area contributed by atoms with Crippen molar-refractivity contribution in [3.05, 3.63) is 24.3 Å². The first-order valence-corrected chi connectivity index (χ1v) is 8.25. The van der Waals surface area contributed by atoms with E-state index in [4.69, 9.17) is 4.74 Å². The average Bonchev–Trinajstić information content (AvgIpc) is 2.47. The molecule has 0 saturated heterocycles. The Morgan fingerprint density at radius 1 is 1.36 bits per heavy atom. The largest absolute Gasteiger partial charge is 0.443 e. The van der Waals surface area contributed by atoms with E-state index in [0.717, 1.165) is 4.90 Å². The molecule has 2 amide bonds. The standard InChI is InChI=1S/C18H27N2O5/c1-6-9-15(21)19-13-10-7-8-11-14(13)20(12(2)16(22)23)17(24)25-18(3,4)5/h7,10-12,16,22-23H,6,9H2,1-5H3,(H,19,21)/t12-/m1/s1. The number of carbonyl (C=O) groups is 2. The summed E-state index contributed by atoms with van der Waals surface area (Å²) < 4.78 is 5.37. The van der Waals surface area contributed by atoms with Gasteiger partial charge >= 0.3 is 6.09 Å². The molecule has 0 heterocycles. The first kappa shape index (κ1) is 20.9. The van der Waals surface area contributed by atoms with Crippen LogP contribution in [0, 0.1) is 6.07 Å². The lowest BCUT2D eigenvalue weighted by atomic mass is 10.1. The van der Waals surface area contributed by atoms with Gasteiger partial charge in [0.1, 0.15) is 5.60 Å². The summed E-state index contributed by atoms with van der Waals surface area (Å²) in [4.78, 5) is 25.7. The molecule has 25 heavy (non-hydrogen) atoms. The second-order valence-corrected chi connectivity index (χ2v) is 6.75. The molecule has 1 aromatic rings. The van der Waals surface area contributed by atoms with Gasteiger partial charge < -0.3 is 20.3 Å². The molecule has 0 fully saturated rings. The predicted octanol–water partition coefficient (Wildman–Crippen LogP) is 2.67. The number of hydrogen-bond donors (Lipinski definition) is 3. The summed E-state index contributed by atoms with van der Waals surface area (Å²) in [7, 11) is 0. The summed E-state index contributed by atoms with van der Waals surface area (Å²) in [5.74, 6) is -0.198. The minimum atomic E-state index is -1.79. The number of amides is 2. The van der Waals surface area contributed by atoms with Crippen LogP contribution in [0.3, 0.4) is 0 Å². The molecule has 1 radical (unpaired) electrons. The van der Waals surface area contributed by atoms with Gasteiger partial charge in [-0.25, -0.2) is 4.79 Å². The molecule has 0 bridgehead atoms. The normalized spacial score (nSPS) is 12.6. The summed E-state index contributed by atoms with van der Waals surface area (Å²) in [6.45, 7) is 8.49. The van der Waals surface area contributed by atoms with Crippen LogP contribution in [0.1, 0.15) is 47.5 Å². The van der Waals surface area contributed by atoms with Crippen LogP contribution in [-0.4, -0.2) is 40.1 Å². The number of nitrogens with one attached hydrogen (secondary N) is 1. The Balaban J connectivity index is 3.26. The molecular weight excluding hydrogens is 324 g/mol. The van der Waals surface area contributed by atoms with Crippen molar-refractivity contribution in [2.45, 2.75) is 65.4 Å². The minimum absolute atomic E-state index is 0.198. The third kappa shape index (κ3) is 6.36. The first-order valence-electron chi connectivity index (χ1n) is 8.25. The third-order valence-corrected chi connectivity index (χ3v) is 3.28. The van der Waals surface area contributed by atoms with Crippen LogP contribution in [0.15, 0.2) is 18.2 Å². The Morgan fingerprint density at radius 3 is 2.52 bits per heavy atom. The molecule has 0 aliphatic rings. The molecule has 0 aliphatic carbocycles. The van der Waals surface area contributed by atoms with Gasteiger partial charge in [0.15, 0.2) is 6.29 Å². The highest BCUT2D eigenvalue weighted by atomic mass is 16.6. The monoisotopic (exact) mass is 351 g/mol. The first-order chi connectivity index (χ1) is 11.6. The predicted molar refractivity (Wildman–Crippen MR) is 95.2 cm³/mol. The Hall–Kier alpha value is -2.12. The lowest BCUT2D eigenvalue weighted by Gasteiger charge is -2.33. The van der Waals surface area contributed by atoms with Crippen LogP contribution in [-0.2, 0) is 9.53 Å². The number of anilines is 2. The molecule has 139 valence electrons. The van der Waals surface area contributed by atoms with Gasteiger partial charge in [0.05, 0.1) is 17.4 Å². The smallest absolute Gasteiger partial charge is 0.415 e. The molecule has 7 heteroatoms. The van der Waals surface area contributed by atoms with Crippen molar-refractivity contribution in [1.82, 2.24) is 0 Å². The second kappa shape index (κ2) is 8.82. The van der Waals surface area contributed by atoms with Crippen LogP contribution in [0.4, 0.5) is 16.2 Å². The topological polar surface area (TPSA) is 99.1 Å². The molecule has 0 unspecified atom stereocenters. The number of ether oxygens (including phenoxy) is 1. The van der Waals surface area contributed by atoms with E-state index < -0.39 is 24.0 Å². The van der Waals surface area contributed by atoms with Gasteiger partial charge in [0, 0.05) is 6.42 Å². The average molecular weight is 351 g/mol. The molecule has 0 aliphatic heterocycles. The summed E-state index contributed by atoms with van der Waals surface area (Å²) in [6, 6.07) is 6.52. The van der Waals surface area contributed by atoms with Crippen molar-refractivity contribution in [3.63, 3.8) is 0 Å². The highest BCUT2D eigenvalue weighted by Gasteiger charge is 2.32. The lowest BCUT2D eigenvalue weighted by Crippen LogP contribution is -2.48. The van der Waals surface area contributed by atoms with Crippen LogP contribution in [0.25, 0.3) is 0 Å². The summed E-state index contributed by atoms with van der Waals surface area (Å²) in [5.41, 5.74) is -0.114. The van der Waals surface area contributed by atoms with Crippen LogP contribution in [0.5, 0.6) is 0 Å². The zero-order valence-electron chi connectivity index (χ0n) is 15.4. The number of hydrogen-bond acceptors (Lipinski definition) is 5. The second-order valence-electron chi connectivity index (χ2n) is 6.75. The minimum Gasteiger partial charge on any atom is -0.443 e. The van der Waals surface area contributed by atoms with Gasteiger partial charge in [-0.15, -0.1) is 0 Å². The summed E-state index contributed by atoms with van der Waals surface area (Å²) in [6.07, 6.45) is -1.52. The summed E-state index contributed by atoms with van der Waals surface area (Å²) in [5, 5.41) is 21.9. The lowest BCUT2D eigenvalue weighted by molar-refractivity contribution is -0.116. The van der Waals surface area contributed by atoms with Crippen molar-refractivity contribution in [3.8, 4) is 0 Å². The van der Waals surface area contributed by atoms with Gasteiger partial charge in [-0.05, 0) is 52.3 Å². The number of rotatable bonds is 6. The number of carbonyl (C=O) groups excluding carboxylic acids is 2. The van der Waals surface area contributed by atoms with E-state index in [1.165, 1.54) is 13.0 Å². The van der Waals surface area contributed by atoms with Crippen LogP contribution in [0.2, 0.25) is 0 Å². The van der Waals surface area contributed by atoms with Crippen molar-refractivity contribution in [1.29, 1.82) is 0 Å². The molecular formula is C18H27N2O5. The van der Waals surface area contributed by atoms with Crippen LogP contribution < -0.4 is 10.2 Å². The van der Waals surface area contributed by atoms with Crippen molar-refractivity contribution in [2.75, 3.05) is 10.2 Å². The van der Waals surface area contributed by atoms with Crippen molar-refractivity contribution in [2.24, 2.45) is 0 Å². The number of aliphatic hydroxyl groups is 2. The summed E-state index contributed by atoms with van der Waals surface area (Å²) >= 11 is 0. The van der Waals surface area contributed by atoms with E-state index in [0.29, 0.717) is 18.5 Å². The molecule has 0 saturated carbocycles.